The lowest BCUT2D eigenvalue weighted by atomic mass is 10.2. The van der Waals surface area contributed by atoms with Crippen LogP contribution >= 0.6 is 11.3 Å². The van der Waals surface area contributed by atoms with E-state index in [4.69, 9.17) is 9.68 Å². The number of hydrogen-bond acceptors (Lipinski definition) is 8. The molecule has 3 rings (SSSR count). The smallest absolute Gasteiger partial charge is 0.203 e. The second kappa shape index (κ2) is 8.32. The summed E-state index contributed by atoms with van der Waals surface area (Å²) in [7, 11) is -2.96. The highest BCUT2D eigenvalue weighted by molar-refractivity contribution is 7.70. The number of aliphatic hydroxyl groups excluding tert-OH is 1. The predicted molar refractivity (Wildman–Crippen MR) is 101 cm³/mol. The van der Waals surface area contributed by atoms with Gasteiger partial charge in [-0.25, -0.2) is 13.4 Å². The molecule has 0 aliphatic heterocycles. The summed E-state index contributed by atoms with van der Waals surface area (Å²) in [6.45, 7) is 2.13. The highest BCUT2D eigenvalue weighted by atomic mass is 32.2. The van der Waals surface area contributed by atoms with Crippen LogP contribution in [-0.2, 0) is 17.4 Å². The van der Waals surface area contributed by atoms with E-state index in [1.54, 1.807) is 43.5 Å². The van der Waals surface area contributed by atoms with Crippen LogP contribution < -0.4 is 9.62 Å². The molecular formula is C17H16N4O4S2. The summed E-state index contributed by atoms with van der Waals surface area (Å²) in [5.74, 6) is 0.704. The van der Waals surface area contributed by atoms with Gasteiger partial charge in [-0.15, -0.1) is 11.3 Å². The van der Waals surface area contributed by atoms with E-state index in [0.717, 1.165) is 5.69 Å². The Morgan fingerprint density at radius 1 is 1.37 bits per heavy atom. The molecular weight excluding hydrogens is 388 g/mol. The molecule has 27 heavy (non-hydrogen) atoms. The normalized spacial score (nSPS) is 12.1. The molecule has 140 valence electrons. The third-order valence-corrected chi connectivity index (χ3v) is 5.21. The molecule has 1 aromatic carbocycles. The highest BCUT2D eigenvalue weighted by Crippen LogP contribution is 2.34. The number of benzene rings is 1. The zero-order chi connectivity index (χ0) is 19.4. The molecule has 2 heterocycles. The van der Waals surface area contributed by atoms with E-state index in [1.165, 1.54) is 11.3 Å². The minimum Gasteiger partial charge on any atom is -0.467 e. The molecule has 0 saturated heterocycles. The maximum atomic E-state index is 10.8. The van der Waals surface area contributed by atoms with Crippen LogP contribution in [0.15, 0.2) is 47.1 Å². The van der Waals surface area contributed by atoms with E-state index in [1.807, 2.05) is 15.7 Å². The first kappa shape index (κ1) is 19.1. The van der Waals surface area contributed by atoms with Crippen LogP contribution in [0.4, 0.5) is 10.8 Å². The largest absolute Gasteiger partial charge is 0.467 e. The lowest BCUT2D eigenvalue weighted by Crippen LogP contribution is -2.20. The fraction of sp³-hybridized carbons (Fsp3) is 0.176. The van der Waals surface area contributed by atoms with Crippen LogP contribution in [0.25, 0.3) is 0 Å². The van der Waals surface area contributed by atoms with Crippen LogP contribution in [0.3, 0.4) is 0 Å². The van der Waals surface area contributed by atoms with Crippen molar-refractivity contribution >= 4 is 33.0 Å². The Balaban J connectivity index is 1.98. The molecule has 0 saturated carbocycles. The average Bonchev–Trinajstić information content (AvgIpc) is 3.28. The summed E-state index contributed by atoms with van der Waals surface area (Å²) >= 11 is 1.32. The van der Waals surface area contributed by atoms with Gasteiger partial charge in [-0.2, -0.15) is 9.98 Å². The number of aromatic nitrogens is 1. The molecule has 0 aliphatic rings. The standard InChI is InChI=1S/C17H16N4O4S2/c1-11-15(16(22)20-27(23)24)19-17(26-11)21(10-14-3-2-8-25-14)13-6-4-12(9-18)5-7-13/h2-8,16,22,27H,10H2,1H3,(H,20,23,24). The van der Waals surface area contributed by atoms with Gasteiger partial charge in [0.2, 0.25) is 10.9 Å². The van der Waals surface area contributed by atoms with Gasteiger partial charge >= 0.3 is 0 Å². The van der Waals surface area contributed by atoms with Crippen molar-refractivity contribution in [2.75, 3.05) is 4.90 Å². The van der Waals surface area contributed by atoms with Crippen LogP contribution in [-0.4, -0.2) is 18.5 Å². The van der Waals surface area contributed by atoms with E-state index in [9.17, 15) is 13.5 Å². The number of anilines is 2. The van der Waals surface area contributed by atoms with Gasteiger partial charge in [0, 0.05) is 10.6 Å². The number of nitrogens with zero attached hydrogens (tertiary/aromatic N) is 3. The Morgan fingerprint density at radius 3 is 2.70 bits per heavy atom. The van der Waals surface area contributed by atoms with Crippen molar-refractivity contribution < 1.29 is 17.9 Å². The van der Waals surface area contributed by atoms with E-state index in [-0.39, 0.29) is 5.69 Å². The molecule has 10 heteroatoms. The molecule has 1 unspecified atom stereocenters. The van der Waals surface area contributed by atoms with Gasteiger partial charge in [-0.3, -0.25) is 0 Å². The first-order chi connectivity index (χ1) is 13.0. The van der Waals surface area contributed by atoms with Crippen LogP contribution in [0.2, 0.25) is 0 Å². The summed E-state index contributed by atoms with van der Waals surface area (Å²) in [4.78, 5) is 6.97. The Morgan fingerprint density at radius 2 is 2.11 bits per heavy atom. The minimum absolute atomic E-state index is 0.243. The Kier molecular flexibility index (Phi) is 5.88. The zero-order valence-corrected chi connectivity index (χ0v) is 15.9. The van der Waals surface area contributed by atoms with Gasteiger partial charge in [0.25, 0.3) is 0 Å². The summed E-state index contributed by atoms with van der Waals surface area (Å²) in [6, 6.07) is 12.7. The molecule has 0 amide bonds. The Hall–Kier alpha value is -2.71. The molecule has 0 radical (unpaired) electrons. The number of nitrogens with one attached hydrogen (secondary N) is 1. The number of thiazole rings is 1. The molecule has 3 aromatic rings. The number of furan rings is 1. The minimum atomic E-state index is -2.96. The quantitative estimate of drug-likeness (QED) is 0.408. The number of nitriles is 1. The van der Waals surface area contributed by atoms with Crippen molar-refractivity contribution in [1.82, 2.24) is 9.71 Å². The lowest BCUT2D eigenvalue weighted by molar-refractivity contribution is 0.163. The van der Waals surface area contributed by atoms with E-state index in [0.29, 0.717) is 27.9 Å². The number of rotatable bonds is 7. The fourth-order valence-corrected chi connectivity index (χ4v) is 3.75. The summed E-state index contributed by atoms with van der Waals surface area (Å²) < 4.78 is 29.1. The van der Waals surface area contributed by atoms with Crippen molar-refractivity contribution in [2.24, 2.45) is 0 Å². The third kappa shape index (κ3) is 4.53. The molecule has 2 aromatic heterocycles. The SMILES string of the molecule is Cc1sc(N(Cc2ccco2)c2ccc(C#N)cc2)nc1C(O)N[SH](=O)=O. The molecule has 0 spiro atoms. The van der Waals surface area contributed by atoms with Crippen molar-refractivity contribution in [3.05, 3.63) is 64.6 Å². The van der Waals surface area contributed by atoms with Crippen LogP contribution in [0.5, 0.6) is 0 Å². The Labute approximate surface area is 161 Å². The second-order valence-corrected chi connectivity index (χ2v) is 7.50. The number of hydrogen-bond donors (Lipinski definition) is 3. The first-order valence-electron chi connectivity index (χ1n) is 7.84. The summed E-state index contributed by atoms with van der Waals surface area (Å²) in [5.41, 5.74) is 1.56. The van der Waals surface area contributed by atoms with Crippen molar-refractivity contribution in [3.63, 3.8) is 0 Å². The van der Waals surface area contributed by atoms with Gasteiger partial charge in [-0.05, 0) is 43.3 Å². The molecule has 0 bridgehead atoms. The number of thiol groups is 1. The molecule has 0 aliphatic carbocycles. The molecule has 1 atom stereocenters. The monoisotopic (exact) mass is 404 g/mol. The first-order valence-corrected chi connectivity index (χ1v) is 9.83. The average molecular weight is 404 g/mol. The van der Waals surface area contributed by atoms with Gasteiger partial charge in [0.15, 0.2) is 11.4 Å². The maximum absolute atomic E-state index is 10.8. The Bertz CT molecular complexity index is 1010. The highest BCUT2D eigenvalue weighted by Gasteiger charge is 2.21. The number of aliphatic hydroxyl groups is 1. The van der Waals surface area contributed by atoms with Gasteiger partial charge < -0.3 is 14.4 Å². The number of aryl methyl sites for hydroxylation is 1. The molecule has 0 fully saturated rings. The topological polar surface area (TPSA) is 119 Å². The van der Waals surface area contributed by atoms with E-state index in [2.05, 4.69) is 11.1 Å². The third-order valence-electron chi connectivity index (χ3n) is 3.74. The summed E-state index contributed by atoms with van der Waals surface area (Å²) in [5, 5.41) is 19.6. The molecule has 8 nitrogen and oxygen atoms in total. The maximum Gasteiger partial charge on any atom is 0.203 e. The van der Waals surface area contributed by atoms with Gasteiger partial charge in [0.1, 0.15) is 11.5 Å². The van der Waals surface area contributed by atoms with Crippen LogP contribution in [0.1, 0.15) is 28.1 Å². The molecule has 2 N–H and O–H groups in total. The van der Waals surface area contributed by atoms with Gasteiger partial charge in [-0.1, -0.05) is 0 Å². The fourth-order valence-electron chi connectivity index (χ4n) is 2.47. The predicted octanol–water partition coefficient (Wildman–Crippen LogP) is 2.36. The van der Waals surface area contributed by atoms with E-state index < -0.39 is 17.1 Å². The van der Waals surface area contributed by atoms with Gasteiger partial charge in [0.05, 0.1) is 24.4 Å². The van der Waals surface area contributed by atoms with Crippen molar-refractivity contribution in [3.8, 4) is 6.07 Å². The zero-order valence-electron chi connectivity index (χ0n) is 14.2. The summed E-state index contributed by atoms with van der Waals surface area (Å²) in [6.07, 6.45) is 0.158. The lowest BCUT2D eigenvalue weighted by Gasteiger charge is -2.21. The van der Waals surface area contributed by atoms with Crippen molar-refractivity contribution in [1.29, 1.82) is 5.26 Å². The van der Waals surface area contributed by atoms with Crippen molar-refractivity contribution in [2.45, 2.75) is 19.7 Å². The van der Waals surface area contributed by atoms with E-state index >= 15 is 0 Å². The second-order valence-electron chi connectivity index (χ2n) is 5.55. The van der Waals surface area contributed by atoms with Crippen LogP contribution in [0, 0.1) is 18.3 Å².